The minimum atomic E-state index is -1.19. The molecule has 6 heteroatoms. The van der Waals surface area contributed by atoms with Crippen LogP contribution in [0.1, 0.15) is 32.1 Å². The zero-order chi connectivity index (χ0) is 12.5. The summed E-state index contributed by atoms with van der Waals surface area (Å²) in [6.07, 6.45) is 5.49. The van der Waals surface area contributed by atoms with E-state index in [1.165, 1.54) is 0 Å². The van der Waals surface area contributed by atoms with Crippen molar-refractivity contribution in [2.45, 2.75) is 32.1 Å². The molecule has 0 aromatic heterocycles. The summed E-state index contributed by atoms with van der Waals surface area (Å²) in [4.78, 5) is 27.5. The van der Waals surface area contributed by atoms with Crippen LogP contribution in [0, 0.1) is 11.3 Å². The number of amides is 2. The van der Waals surface area contributed by atoms with Crippen LogP contribution in [0.5, 0.6) is 0 Å². The van der Waals surface area contributed by atoms with E-state index in [-0.39, 0.29) is 41.9 Å². The maximum atomic E-state index is 12.1. The predicted octanol–water partition coefficient (Wildman–Crippen LogP) is -2.88. The molecule has 18 heavy (non-hydrogen) atoms. The summed E-state index contributed by atoms with van der Waals surface area (Å²) in [7, 11) is 0. The van der Waals surface area contributed by atoms with Crippen molar-refractivity contribution in [1.82, 2.24) is 5.32 Å². The molecular weight excluding hydrogens is 243 g/mol. The van der Waals surface area contributed by atoms with Crippen LogP contribution in [-0.4, -0.2) is 17.8 Å². The number of rotatable bonds is 3. The van der Waals surface area contributed by atoms with Gasteiger partial charge >= 0.3 is 29.6 Å². The summed E-state index contributed by atoms with van der Waals surface area (Å²) in [5.74, 6) is -1.13. The van der Waals surface area contributed by atoms with Gasteiger partial charge in [0, 0.05) is 0 Å². The molecule has 2 aliphatic rings. The molecule has 1 unspecified atom stereocenters. The van der Waals surface area contributed by atoms with E-state index in [2.05, 4.69) is 16.9 Å². The molecule has 0 bridgehead atoms. The number of nitrogens with zero attached hydrogens (tertiary/aromatic N) is 1. The molecule has 1 N–H and O–H groups in total. The largest absolute Gasteiger partial charge is 1.00 e. The molecule has 0 aromatic rings. The molecule has 0 saturated heterocycles. The van der Waals surface area contributed by atoms with Crippen LogP contribution >= 0.6 is 0 Å². The Kier molecular flexibility index (Phi) is 5.13. The van der Waals surface area contributed by atoms with Crippen molar-refractivity contribution in [1.29, 1.82) is 0 Å². The molecule has 1 saturated carbocycles. The van der Waals surface area contributed by atoms with Crippen LogP contribution in [0.4, 0.5) is 0 Å². The van der Waals surface area contributed by atoms with Gasteiger partial charge in [-0.05, 0) is 25.2 Å². The second-order valence-electron chi connectivity index (χ2n) is 4.62. The Balaban J connectivity index is 0.00000162. The molecule has 2 amide bonds. The third-order valence-corrected chi connectivity index (χ3v) is 3.73. The third-order valence-electron chi connectivity index (χ3n) is 3.73. The average Bonchev–Trinajstić information content (AvgIpc) is 2.77. The van der Waals surface area contributed by atoms with Crippen LogP contribution in [-0.2, 0) is 9.59 Å². The molecular formula is C12H15N2NaO3. The van der Waals surface area contributed by atoms with Gasteiger partial charge in [-0.1, -0.05) is 18.9 Å². The zero-order valence-electron chi connectivity index (χ0n) is 10.6. The van der Waals surface area contributed by atoms with E-state index in [1.807, 2.05) is 0 Å². The second-order valence-corrected chi connectivity index (χ2v) is 4.62. The Hall–Kier alpha value is -0.650. The fraction of sp³-hybridized carbons (Fsp3) is 0.583. The number of nitrogens with one attached hydrogen (secondary N) is 1. The Labute approximate surface area is 128 Å². The van der Waals surface area contributed by atoms with Crippen molar-refractivity contribution in [2.75, 3.05) is 0 Å². The fourth-order valence-electron chi connectivity index (χ4n) is 2.88. The first-order valence-electron chi connectivity index (χ1n) is 5.83. The summed E-state index contributed by atoms with van der Waals surface area (Å²) in [5, 5.41) is 13.2. The van der Waals surface area contributed by atoms with Crippen LogP contribution in [0.3, 0.4) is 0 Å². The summed E-state index contributed by atoms with van der Waals surface area (Å²) in [6, 6.07) is -0.849. The van der Waals surface area contributed by atoms with E-state index in [0.29, 0.717) is 0 Å². The molecule has 5 nitrogen and oxygen atoms in total. The maximum absolute atomic E-state index is 12.1. The van der Waals surface area contributed by atoms with Crippen molar-refractivity contribution in [2.24, 2.45) is 16.3 Å². The van der Waals surface area contributed by atoms with Crippen LogP contribution in [0.25, 0.3) is 0 Å². The average molecular weight is 258 g/mol. The smallest absolute Gasteiger partial charge is 0.846 e. The van der Waals surface area contributed by atoms with Gasteiger partial charge in [0.2, 0.25) is 5.91 Å². The number of amidine groups is 1. The summed E-state index contributed by atoms with van der Waals surface area (Å²) in [6.45, 7) is 3.60. The molecule has 2 rings (SSSR count). The van der Waals surface area contributed by atoms with Gasteiger partial charge in [-0.3, -0.25) is 9.59 Å². The van der Waals surface area contributed by atoms with E-state index in [9.17, 15) is 14.7 Å². The molecule has 1 atom stereocenters. The number of hydrogen-bond donors (Lipinski definition) is 1. The van der Waals surface area contributed by atoms with Crippen molar-refractivity contribution in [3.05, 3.63) is 12.7 Å². The van der Waals surface area contributed by atoms with Gasteiger partial charge in [-0.15, -0.1) is 6.58 Å². The Morgan fingerprint density at radius 2 is 2.06 bits per heavy atom. The number of hydrogen-bond acceptors (Lipinski definition) is 3. The first-order chi connectivity index (χ1) is 8.11. The third kappa shape index (κ3) is 2.39. The Morgan fingerprint density at radius 1 is 1.44 bits per heavy atom. The van der Waals surface area contributed by atoms with Gasteiger partial charge in [0.05, 0.1) is 6.02 Å². The van der Waals surface area contributed by atoms with Gasteiger partial charge in [0.1, 0.15) is 5.41 Å². The van der Waals surface area contributed by atoms with E-state index in [1.54, 1.807) is 6.08 Å². The summed E-state index contributed by atoms with van der Waals surface area (Å²) < 4.78 is 0. The first kappa shape index (κ1) is 15.4. The minimum Gasteiger partial charge on any atom is -0.846 e. The molecule has 1 aliphatic heterocycles. The van der Waals surface area contributed by atoms with Crippen molar-refractivity contribution in [3.63, 3.8) is 0 Å². The van der Waals surface area contributed by atoms with Gasteiger partial charge in [0.15, 0.2) is 0 Å². The number of aliphatic imine (C=N–C) groups is 1. The number of carbonyl (C=O) groups is 2. The number of allylic oxidation sites excluding steroid dienone is 1. The quantitative estimate of drug-likeness (QED) is 0.335. The summed E-state index contributed by atoms with van der Waals surface area (Å²) in [5.41, 5.74) is -1.19. The van der Waals surface area contributed by atoms with E-state index < -0.39 is 23.3 Å². The van der Waals surface area contributed by atoms with Crippen LogP contribution < -0.4 is 40.0 Å². The van der Waals surface area contributed by atoms with Gasteiger partial charge in [0.25, 0.3) is 5.91 Å². The first-order valence-corrected chi connectivity index (χ1v) is 5.83. The van der Waals surface area contributed by atoms with Crippen molar-refractivity contribution < 1.29 is 44.3 Å². The molecule has 92 valence electrons. The Morgan fingerprint density at radius 3 is 2.56 bits per heavy atom. The summed E-state index contributed by atoms with van der Waals surface area (Å²) >= 11 is 0. The normalized spacial score (nSPS) is 28.3. The van der Waals surface area contributed by atoms with Crippen LogP contribution in [0.2, 0.25) is 0 Å². The molecule has 0 radical (unpaired) electrons. The minimum absolute atomic E-state index is 0. The Bertz CT molecular complexity index is 402. The van der Waals surface area contributed by atoms with Crippen molar-refractivity contribution >= 4 is 17.8 Å². The topological polar surface area (TPSA) is 81.6 Å². The predicted molar refractivity (Wildman–Crippen MR) is 59.8 cm³/mol. The molecule has 1 aliphatic carbocycles. The van der Waals surface area contributed by atoms with E-state index in [0.717, 1.165) is 25.7 Å². The van der Waals surface area contributed by atoms with Gasteiger partial charge in [-0.25, -0.2) is 4.99 Å². The van der Waals surface area contributed by atoms with Gasteiger partial charge < -0.3 is 10.4 Å². The van der Waals surface area contributed by atoms with E-state index >= 15 is 0 Å². The standard InChI is InChI=1S/C12H16N2O3.Na/c1-2-7-12(8-5-3-4-6-8)9(15)13-11(17)14-10(12)16;/h2,8H,1,3-7H2,(H2,13,14,15,16,17);/q;+1/p-1. The number of carbonyl (C=O) groups excluding carboxylic acids is 2. The second kappa shape index (κ2) is 5.99. The SMILES string of the molecule is C=CCC1(C2CCCC2)C(=O)N=C([O-])NC1=O.[Na+]. The van der Waals surface area contributed by atoms with E-state index in [4.69, 9.17) is 0 Å². The maximum Gasteiger partial charge on any atom is 1.00 e. The molecule has 1 fully saturated rings. The van der Waals surface area contributed by atoms with Crippen LogP contribution in [0.15, 0.2) is 17.6 Å². The monoisotopic (exact) mass is 258 g/mol. The van der Waals surface area contributed by atoms with Gasteiger partial charge in [-0.2, -0.15) is 0 Å². The molecule has 0 spiro atoms. The van der Waals surface area contributed by atoms with Crippen molar-refractivity contribution in [3.8, 4) is 0 Å². The fourth-order valence-corrected chi connectivity index (χ4v) is 2.88. The molecule has 0 aromatic carbocycles. The zero-order valence-corrected chi connectivity index (χ0v) is 12.6. The molecule has 1 heterocycles.